The van der Waals surface area contributed by atoms with Gasteiger partial charge in [0.15, 0.2) is 0 Å². The van der Waals surface area contributed by atoms with Crippen molar-refractivity contribution in [2.75, 3.05) is 19.6 Å². The number of nitrogens with zero attached hydrogens (tertiary/aromatic N) is 1. The Morgan fingerprint density at radius 3 is 1.79 bits per heavy atom. The summed E-state index contributed by atoms with van der Waals surface area (Å²) in [4.78, 5) is 34.3. The average Bonchev–Trinajstić information content (AvgIpc) is 2.21. The van der Waals surface area contributed by atoms with Crippen LogP contribution in [0, 0.1) is 11.3 Å². The van der Waals surface area contributed by atoms with E-state index in [4.69, 9.17) is 15.9 Å². The van der Waals surface area contributed by atoms with Crippen LogP contribution in [0.3, 0.4) is 0 Å². The van der Waals surface area contributed by atoms with Gasteiger partial charge in [0, 0.05) is 6.54 Å². The number of carboxylic acid groups (broad SMARTS) is 2. The van der Waals surface area contributed by atoms with Crippen LogP contribution in [0.5, 0.6) is 0 Å². The van der Waals surface area contributed by atoms with Gasteiger partial charge in [-0.05, 0) is 11.8 Å². The topological polar surface area (TPSA) is 121 Å². The molecular weight excluding hydrogens is 252 g/mol. The summed E-state index contributed by atoms with van der Waals surface area (Å²) in [6.07, 6.45) is 0.470. The monoisotopic (exact) mass is 274 g/mol. The molecule has 0 aromatic carbocycles. The van der Waals surface area contributed by atoms with Crippen LogP contribution in [0.2, 0.25) is 0 Å². The summed E-state index contributed by atoms with van der Waals surface area (Å²) in [5.74, 6) is -3.59. The van der Waals surface area contributed by atoms with E-state index in [0.717, 1.165) is 4.90 Å². The zero-order valence-electron chi connectivity index (χ0n) is 11.5. The second kappa shape index (κ2) is 7.08. The lowest BCUT2D eigenvalue weighted by molar-refractivity contribution is -0.151. The van der Waals surface area contributed by atoms with Crippen LogP contribution in [-0.2, 0) is 14.4 Å². The van der Waals surface area contributed by atoms with E-state index in [0.29, 0.717) is 6.42 Å². The molecule has 1 atom stereocenters. The molecule has 1 unspecified atom stereocenters. The second-order valence-electron chi connectivity index (χ2n) is 5.68. The number of aliphatic carboxylic acids is 2. The molecule has 1 amide bonds. The maximum absolute atomic E-state index is 12.1. The molecule has 0 aliphatic heterocycles. The van der Waals surface area contributed by atoms with Crippen LogP contribution in [0.4, 0.5) is 0 Å². The van der Waals surface area contributed by atoms with Crippen molar-refractivity contribution >= 4 is 17.8 Å². The Hall–Kier alpha value is -1.63. The van der Waals surface area contributed by atoms with Crippen LogP contribution in [0.1, 0.15) is 27.2 Å². The van der Waals surface area contributed by atoms with Crippen molar-refractivity contribution < 1.29 is 24.6 Å². The van der Waals surface area contributed by atoms with Gasteiger partial charge in [-0.1, -0.05) is 20.8 Å². The molecule has 0 aromatic heterocycles. The normalized spacial score (nSPS) is 12.8. The fraction of sp³-hybridized carbons (Fsp3) is 0.750. The predicted octanol–water partition coefficient (Wildman–Crippen LogP) is -0.00470. The van der Waals surface area contributed by atoms with E-state index >= 15 is 0 Å². The first-order valence-electron chi connectivity index (χ1n) is 5.99. The molecule has 0 aliphatic rings. The highest BCUT2D eigenvalue weighted by Crippen LogP contribution is 2.25. The Morgan fingerprint density at radius 1 is 1.11 bits per heavy atom. The number of rotatable bonds is 7. The molecule has 0 saturated heterocycles. The summed E-state index contributed by atoms with van der Waals surface area (Å²) in [5.41, 5.74) is 5.38. The molecule has 19 heavy (non-hydrogen) atoms. The Morgan fingerprint density at radius 2 is 1.53 bits per heavy atom. The number of hydrogen-bond donors (Lipinski definition) is 3. The maximum atomic E-state index is 12.1. The summed E-state index contributed by atoms with van der Waals surface area (Å²) in [5, 5.41) is 17.4. The zero-order valence-corrected chi connectivity index (χ0v) is 11.5. The first-order chi connectivity index (χ1) is 8.56. The Labute approximate surface area is 112 Å². The molecule has 7 heteroatoms. The molecule has 4 N–H and O–H groups in total. The zero-order chi connectivity index (χ0) is 15.2. The van der Waals surface area contributed by atoms with Crippen molar-refractivity contribution in [1.82, 2.24) is 4.90 Å². The first kappa shape index (κ1) is 17.4. The van der Waals surface area contributed by atoms with E-state index in [1.54, 1.807) is 0 Å². The SMILES string of the molecule is CC(C)(C)CC(CN)C(=O)N(CC(=O)O)CC(=O)O. The van der Waals surface area contributed by atoms with Crippen molar-refractivity contribution in [3.05, 3.63) is 0 Å². The van der Waals surface area contributed by atoms with Gasteiger partial charge in [-0.3, -0.25) is 14.4 Å². The molecule has 0 saturated carbocycles. The van der Waals surface area contributed by atoms with Gasteiger partial charge >= 0.3 is 11.9 Å². The highest BCUT2D eigenvalue weighted by atomic mass is 16.4. The molecule has 0 aromatic rings. The Bertz CT molecular complexity index is 333. The van der Waals surface area contributed by atoms with Crippen molar-refractivity contribution in [3.8, 4) is 0 Å². The summed E-state index contributed by atoms with van der Waals surface area (Å²) in [6, 6.07) is 0. The average molecular weight is 274 g/mol. The highest BCUT2D eigenvalue weighted by Gasteiger charge is 2.29. The molecule has 0 spiro atoms. The molecular formula is C12H22N2O5. The molecule has 0 radical (unpaired) electrons. The molecule has 0 bridgehead atoms. The number of carboxylic acids is 2. The van der Waals surface area contributed by atoms with Crippen molar-refractivity contribution in [2.24, 2.45) is 17.1 Å². The van der Waals surface area contributed by atoms with Crippen molar-refractivity contribution in [2.45, 2.75) is 27.2 Å². The minimum atomic E-state index is -1.25. The van der Waals surface area contributed by atoms with E-state index in [1.165, 1.54) is 0 Å². The van der Waals surface area contributed by atoms with Gasteiger partial charge in [-0.25, -0.2) is 0 Å². The third-order valence-corrected chi connectivity index (χ3v) is 2.46. The lowest BCUT2D eigenvalue weighted by Crippen LogP contribution is -2.45. The minimum absolute atomic E-state index is 0.0614. The molecule has 110 valence electrons. The number of hydrogen-bond acceptors (Lipinski definition) is 4. The van der Waals surface area contributed by atoms with Crippen LogP contribution < -0.4 is 5.73 Å². The summed E-state index contributed by atoms with van der Waals surface area (Å²) in [6.45, 7) is 4.59. The van der Waals surface area contributed by atoms with Crippen molar-refractivity contribution in [3.63, 3.8) is 0 Å². The third-order valence-electron chi connectivity index (χ3n) is 2.46. The quantitative estimate of drug-likeness (QED) is 0.600. The fourth-order valence-corrected chi connectivity index (χ4v) is 1.81. The molecule has 0 rings (SSSR count). The van der Waals surface area contributed by atoms with E-state index < -0.39 is 36.9 Å². The largest absolute Gasteiger partial charge is 0.480 e. The van der Waals surface area contributed by atoms with E-state index in [-0.39, 0.29) is 12.0 Å². The van der Waals surface area contributed by atoms with Gasteiger partial charge in [0.2, 0.25) is 5.91 Å². The Balaban J connectivity index is 4.92. The molecule has 0 aliphatic carbocycles. The van der Waals surface area contributed by atoms with Gasteiger partial charge in [-0.2, -0.15) is 0 Å². The molecule has 7 nitrogen and oxygen atoms in total. The van der Waals surface area contributed by atoms with Gasteiger partial charge in [0.25, 0.3) is 0 Å². The van der Waals surface area contributed by atoms with Gasteiger partial charge in [0.05, 0.1) is 5.92 Å². The highest BCUT2D eigenvalue weighted by molar-refractivity contribution is 5.86. The molecule has 0 fully saturated rings. The standard InChI is InChI=1S/C12H22N2O5/c1-12(2,3)4-8(5-13)11(19)14(6-9(15)16)7-10(17)18/h8H,4-7,13H2,1-3H3,(H,15,16)(H,17,18). The lowest BCUT2D eigenvalue weighted by Gasteiger charge is -2.28. The lowest BCUT2D eigenvalue weighted by atomic mass is 9.84. The van der Waals surface area contributed by atoms with Gasteiger partial charge in [0.1, 0.15) is 13.1 Å². The first-order valence-corrected chi connectivity index (χ1v) is 5.99. The fourth-order valence-electron chi connectivity index (χ4n) is 1.81. The van der Waals surface area contributed by atoms with Crippen LogP contribution >= 0.6 is 0 Å². The van der Waals surface area contributed by atoms with Crippen LogP contribution in [-0.4, -0.2) is 52.6 Å². The van der Waals surface area contributed by atoms with E-state index in [1.807, 2.05) is 20.8 Å². The summed E-state index contributed by atoms with van der Waals surface area (Å²) >= 11 is 0. The summed E-state index contributed by atoms with van der Waals surface area (Å²) in [7, 11) is 0. The second-order valence-corrected chi connectivity index (χ2v) is 5.68. The van der Waals surface area contributed by atoms with Crippen molar-refractivity contribution in [1.29, 1.82) is 0 Å². The number of nitrogens with two attached hydrogens (primary N) is 1. The van der Waals surface area contributed by atoms with Crippen LogP contribution in [0.25, 0.3) is 0 Å². The smallest absolute Gasteiger partial charge is 0.323 e. The third kappa shape index (κ3) is 7.40. The number of carbonyl (C=O) groups is 3. The summed E-state index contributed by atoms with van der Waals surface area (Å²) < 4.78 is 0. The predicted molar refractivity (Wildman–Crippen MR) is 68.5 cm³/mol. The van der Waals surface area contributed by atoms with E-state index in [9.17, 15) is 14.4 Å². The van der Waals surface area contributed by atoms with E-state index in [2.05, 4.69) is 0 Å². The van der Waals surface area contributed by atoms with Crippen LogP contribution in [0.15, 0.2) is 0 Å². The minimum Gasteiger partial charge on any atom is -0.480 e. The Kier molecular flexibility index (Phi) is 6.47. The maximum Gasteiger partial charge on any atom is 0.323 e. The number of carbonyl (C=O) groups excluding carboxylic acids is 1. The van der Waals surface area contributed by atoms with Gasteiger partial charge < -0.3 is 20.8 Å². The molecule has 0 heterocycles. The van der Waals surface area contributed by atoms with Gasteiger partial charge in [-0.15, -0.1) is 0 Å². The number of amides is 1.